The van der Waals surface area contributed by atoms with Crippen LogP contribution in [0.2, 0.25) is 0 Å². The Bertz CT molecular complexity index is 402. The molecule has 94 valence electrons. The molecule has 0 spiro atoms. The maximum absolute atomic E-state index is 11.6. The molecular formula is C12H17BrN2O2. The Morgan fingerprint density at radius 3 is 2.71 bits per heavy atom. The molecular weight excluding hydrogens is 284 g/mol. The van der Waals surface area contributed by atoms with E-state index in [0.29, 0.717) is 0 Å². The van der Waals surface area contributed by atoms with Crippen LogP contribution in [-0.4, -0.2) is 16.7 Å². The van der Waals surface area contributed by atoms with E-state index in [2.05, 4.69) is 26.2 Å². The molecule has 0 radical (unpaired) electrons. The highest BCUT2D eigenvalue weighted by Gasteiger charge is 2.19. The second-order valence-electron chi connectivity index (χ2n) is 4.74. The summed E-state index contributed by atoms with van der Waals surface area (Å²) in [6.07, 6.45) is 1.25. The molecule has 17 heavy (non-hydrogen) atoms. The average Bonchev–Trinajstić information content (AvgIpc) is 2.14. The smallest absolute Gasteiger partial charge is 0.408 e. The number of pyridine rings is 1. The normalized spacial score (nSPS) is 13.0. The van der Waals surface area contributed by atoms with Gasteiger partial charge in [-0.3, -0.25) is 4.98 Å². The van der Waals surface area contributed by atoms with Crippen molar-refractivity contribution >= 4 is 22.0 Å². The maximum Gasteiger partial charge on any atom is 0.408 e. The summed E-state index contributed by atoms with van der Waals surface area (Å²) in [6.45, 7) is 7.34. The van der Waals surface area contributed by atoms with E-state index >= 15 is 0 Å². The monoisotopic (exact) mass is 300 g/mol. The summed E-state index contributed by atoms with van der Waals surface area (Å²) in [4.78, 5) is 15.8. The van der Waals surface area contributed by atoms with Crippen molar-refractivity contribution in [3.05, 3.63) is 28.5 Å². The number of aromatic nitrogens is 1. The SMILES string of the molecule is C[C@@H](NC(=O)OC(C)(C)C)c1ncccc1Br. The predicted octanol–water partition coefficient (Wildman–Crippen LogP) is 3.43. The maximum atomic E-state index is 11.6. The van der Waals surface area contributed by atoms with Crippen LogP contribution in [0.25, 0.3) is 0 Å². The Morgan fingerprint density at radius 2 is 2.18 bits per heavy atom. The number of amides is 1. The summed E-state index contributed by atoms with van der Waals surface area (Å²) >= 11 is 3.39. The van der Waals surface area contributed by atoms with E-state index in [9.17, 15) is 4.79 Å². The highest BCUT2D eigenvalue weighted by molar-refractivity contribution is 9.10. The standard InChI is InChI=1S/C12H17BrN2O2/c1-8(10-9(13)6-5-7-14-10)15-11(16)17-12(2,3)4/h5-8H,1-4H3,(H,15,16)/t8-/m1/s1. The van der Waals surface area contributed by atoms with Gasteiger partial charge < -0.3 is 10.1 Å². The number of ether oxygens (including phenoxy) is 1. The van der Waals surface area contributed by atoms with Crippen LogP contribution >= 0.6 is 15.9 Å². The van der Waals surface area contributed by atoms with Crippen molar-refractivity contribution < 1.29 is 9.53 Å². The van der Waals surface area contributed by atoms with Crippen LogP contribution in [-0.2, 0) is 4.74 Å². The summed E-state index contributed by atoms with van der Waals surface area (Å²) in [5.41, 5.74) is 0.281. The van der Waals surface area contributed by atoms with Gasteiger partial charge in [0.25, 0.3) is 0 Å². The van der Waals surface area contributed by atoms with Gasteiger partial charge in [-0.1, -0.05) is 0 Å². The van der Waals surface area contributed by atoms with Gasteiger partial charge in [-0.25, -0.2) is 4.79 Å². The van der Waals surface area contributed by atoms with Crippen LogP contribution in [0.1, 0.15) is 39.4 Å². The van der Waals surface area contributed by atoms with Gasteiger partial charge in [-0.05, 0) is 55.8 Å². The molecule has 0 aliphatic heterocycles. The number of carbonyl (C=O) groups excluding carboxylic acids is 1. The van der Waals surface area contributed by atoms with Gasteiger partial charge in [0.05, 0.1) is 11.7 Å². The number of rotatable bonds is 2. The van der Waals surface area contributed by atoms with Crippen LogP contribution in [0.4, 0.5) is 4.79 Å². The molecule has 1 aromatic rings. The summed E-state index contributed by atoms with van der Waals surface area (Å²) < 4.78 is 6.04. The molecule has 5 heteroatoms. The third-order valence-corrected chi connectivity index (χ3v) is 2.60. The number of nitrogens with zero attached hydrogens (tertiary/aromatic N) is 1. The zero-order valence-electron chi connectivity index (χ0n) is 10.5. The Morgan fingerprint density at radius 1 is 1.53 bits per heavy atom. The topological polar surface area (TPSA) is 51.2 Å². The van der Waals surface area contributed by atoms with Gasteiger partial charge in [0, 0.05) is 10.7 Å². The van der Waals surface area contributed by atoms with Crippen LogP contribution in [0, 0.1) is 0 Å². The quantitative estimate of drug-likeness (QED) is 0.910. The Kier molecular flexibility index (Phi) is 4.51. The lowest BCUT2D eigenvalue weighted by Gasteiger charge is -2.22. The first-order valence-corrected chi connectivity index (χ1v) is 6.19. The molecule has 1 N–H and O–H groups in total. The van der Waals surface area contributed by atoms with Crippen molar-refractivity contribution in [2.45, 2.75) is 39.3 Å². The molecule has 1 aromatic heterocycles. The molecule has 0 unspecified atom stereocenters. The fourth-order valence-electron chi connectivity index (χ4n) is 1.27. The lowest BCUT2D eigenvalue weighted by Crippen LogP contribution is -2.34. The Labute approximate surface area is 110 Å². The van der Waals surface area contributed by atoms with Crippen LogP contribution in [0.3, 0.4) is 0 Å². The molecule has 1 atom stereocenters. The third kappa shape index (κ3) is 4.73. The van der Waals surface area contributed by atoms with E-state index in [1.165, 1.54) is 0 Å². The molecule has 0 aliphatic carbocycles. The fourth-order valence-corrected chi connectivity index (χ4v) is 1.87. The molecule has 0 bridgehead atoms. The molecule has 0 saturated heterocycles. The molecule has 0 aliphatic rings. The van der Waals surface area contributed by atoms with Gasteiger partial charge in [0.2, 0.25) is 0 Å². The minimum absolute atomic E-state index is 0.208. The zero-order chi connectivity index (χ0) is 13.1. The first kappa shape index (κ1) is 14.0. The zero-order valence-corrected chi connectivity index (χ0v) is 12.0. The number of alkyl carbamates (subject to hydrolysis) is 1. The number of hydrogen-bond acceptors (Lipinski definition) is 3. The van der Waals surface area contributed by atoms with E-state index in [1.54, 1.807) is 6.20 Å². The highest BCUT2D eigenvalue weighted by atomic mass is 79.9. The third-order valence-electron chi connectivity index (χ3n) is 1.93. The minimum atomic E-state index is -0.495. The van der Waals surface area contributed by atoms with E-state index < -0.39 is 11.7 Å². The molecule has 1 amide bonds. The van der Waals surface area contributed by atoms with E-state index in [1.807, 2.05) is 39.8 Å². The van der Waals surface area contributed by atoms with Crippen LogP contribution < -0.4 is 5.32 Å². The lowest BCUT2D eigenvalue weighted by atomic mass is 10.2. The van der Waals surface area contributed by atoms with Gasteiger partial charge in [-0.2, -0.15) is 0 Å². The molecule has 4 nitrogen and oxygen atoms in total. The van der Waals surface area contributed by atoms with Crippen molar-refractivity contribution in [2.24, 2.45) is 0 Å². The van der Waals surface area contributed by atoms with Crippen molar-refractivity contribution in [3.8, 4) is 0 Å². The predicted molar refractivity (Wildman–Crippen MR) is 69.7 cm³/mol. The highest BCUT2D eigenvalue weighted by Crippen LogP contribution is 2.20. The minimum Gasteiger partial charge on any atom is -0.444 e. The van der Waals surface area contributed by atoms with Crippen molar-refractivity contribution in [3.63, 3.8) is 0 Å². The molecule has 0 fully saturated rings. The van der Waals surface area contributed by atoms with Crippen LogP contribution in [0.5, 0.6) is 0 Å². The van der Waals surface area contributed by atoms with Gasteiger partial charge in [0.15, 0.2) is 0 Å². The summed E-state index contributed by atoms with van der Waals surface area (Å²) in [6, 6.07) is 3.50. The number of nitrogens with one attached hydrogen (secondary N) is 1. The van der Waals surface area contributed by atoms with E-state index in [4.69, 9.17) is 4.74 Å². The number of hydrogen-bond donors (Lipinski definition) is 1. The van der Waals surface area contributed by atoms with Gasteiger partial charge in [-0.15, -0.1) is 0 Å². The van der Waals surface area contributed by atoms with Gasteiger partial charge >= 0.3 is 6.09 Å². The molecule has 0 saturated carbocycles. The second kappa shape index (κ2) is 5.49. The summed E-state index contributed by atoms with van der Waals surface area (Å²) in [5, 5.41) is 2.74. The molecule has 0 aromatic carbocycles. The number of halogens is 1. The number of carbonyl (C=O) groups is 1. The van der Waals surface area contributed by atoms with Crippen LogP contribution in [0.15, 0.2) is 22.8 Å². The first-order chi connectivity index (χ1) is 7.79. The summed E-state index contributed by atoms with van der Waals surface area (Å²) in [5.74, 6) is 0. The van der Waals surface area contributed by atoms with Crippen molar-refractivity contribution in [2.75, 3.05) is 0 Å². The van der Waals surface area contributed by atoms with E-state index in [0.717, 1.165) is 10.2 Å². The molecule has 1 heterocycles. The lowest BCUT2D eigenvalue weighted by molar-refractivity contribution is 0.0507. The summed E-state index contributed by atoms with van der Waals surface area (Å²) in [7, 11) is 0. The Balaban J connectivity index is 2.64. The fraction of sp³-hybridized carbons (Fsp3) is 0.500. The second-order valence-corrected chi connectivity index (χ2v) is 5.59. The van der Waals surface area contributed by atoms with Crippen molar-refractivity contribution in [1.29, 1.82) is 0 Å². The average molecular weight is 301 g/mol. The molecule has 1 rings (SSSR count). The first-order valence-electron chi connectivity index (χ1n) is 5.39. The van der Waals surface area contributed by atoms with E-state index in [-0.39, 0.29) is 6.04 Å². The Hall–Kier alpha value is -1.10. The van der Waals surface area contributed by atoms with Crippen molar-refractivity contribution in [1.82, 2.24) is 10.3 Å². The largest absolute Gasteiger partial charge is 0.444 e. The van der Waals surface area contributed by atoms with Gasteiger partial charge in [0.1, 0.15) is 5.60 Å².